The van der Waals surface area contributed by atoms with Gasteiger partial charge >= 0.3 is 0 Å². The second-order valence-electron chi connectivity index (χ2n) is 6.42. The fourth-order valence-corrected chi connectivity index (χ4v) is 5.03. The molecule has 7 heteroatoms. The van der Waals surface area contributed by atoms with E-state index >= 15 is 0 Å². The standard InChI is InChI=1S/C18H20N4O2S/c1-2-24-17-15-14(19-10-20-17)13-11-4-3-5-12(11)16(21-18(13)25-15)22-6-8-23-9-7-22/h10H,2-9H2,1H3. The molecule has 25 heavy (non-hydrogen) atoms. The monoisotopic (exact) mass is 356 g/mol. The summed E-state index contributed by atoms with van der Waals surface area (Å²) in [6, 6.07) is 0. The number of morpholine rings is 1. The van der Waals surface area contributed by atoms with E-state index in [1.165, 1.54) is 22.9 Å². The predicted octanol–water partition coefficient (Wildman–Crippen LogP) is 2.96. The van der Waals surface area contributed by atoms with E-state index in [1.54, 1.807) is 17.7 Å². The van der Waals surface area contributed by atoms with Crippen molar-refractivity contribution in [2.75, 3.05) is 37.8 Å². The average Bonchev–Trinajstić information content (AvgIpc) is 3.26. The smallest absolute Gasteiger partial charge is 0.234 e. The maximum Gasteiger partial charge on any atom is 0.234 e. The van der Waals surface area contributed by atoms with Crippen LogP contribution < -0.4 is 9.64 Å². The molecule has 5 rings (SSSR count). The topological polar surface area (TPSA) is 60.4 Å². The van der Waals surface area contributed by atoms with E-state index < -0.39 is 0 Å². The van der Waals surface area contributed by atoms with E-state index in [0.717, 1.165) is 60.0 Å². The molecule has 0 aromatic carbocycles. The summed E-state index contributed by atoms with van der Waals surface area (Å²) in [6.07, 6.45) is 5.00. The van der Waals surface area contributed by atoms with Gasteiger partial charge in [0.25, 0.3) is 0 Å². The Morgan fingerprint density at radius 2 is 2.04 bits per heavy atom. The molecule has 0 unspecified atom stereocenters. The van der Waals surface area contributed by atoms with Gasteiger partial charge in [0.05, 0.1) is 25.3 Å². The number of aromatic nitrogens is 3. The molecule has 0 bridgehead atoms. The van der Waals surface area contributed by atoms with Crippen LogP contribution >= 0.6 is 11.3 Å². The van der Waals surface area contributed by atoms with Crippen molar-refractivity contribution in [3.8, 4) is 5.88 Å². The molecule has 1 aliphatic carbocycles. The number of thiophene rings is 1. The molecule has 0 atom stereocenters. The predicted molar refractivity (Wildman–Crippen MR) is 98.9 cm³/mol. The summed E-state index contributed by atoms with van der Waals surface area (Å²) in [4.78, 5) is 17.4. The van der Waals surface area contributed by atoms with Crippen LogP contribution in [0.4, 0.5) is 5.82 Å². The molecule has 3 aromatic rings. The summed E-state index contributed by atoms with van der Waals surface area (Å²) in [5.74, 6) is 1.83. The van der Waals surface area contributed by atoms with Gasteiger partial charge in [0.15, 0.2) is 0 Å². The fraction of sp³-hybridized carbons (Fsp3) is 0.500. The minimum atomic E-state index is 0.602. The lowest BCUT2D eigenvalue weighted by molar-refractivity contribution is 0.122. The van der Waals surface area contributed by atoms with Gasteiger partial charge in [-0.25, -0.2) is 15.0 Å². The molecule has 6 nitrogen and oxygen atoms in total. The summed E-state index contributed by atoms with van der Waals surface area (Å²) in [5, 5.41) is 1.22. The second-order valence-corrected chi connectivity index (χ2v) is 7.42. The third-order valence-corrected chi connectivity index (χ3v) is 6.07. The first kappa shape index (κ1) is 15.3. The van der Waals surface area contributed by atoms with Crippen LogP contribution in [0.5, 0.6) is 5.88 Å². The number of aryl methyl sites for hydroxylation is 1. The Bertz CT molecular complexity index is 949. The minimum absolute atomic E-state index is 0.602. The number of ether oxygens (including phenoxy) is 2. The number of hydrogen-bond acceptors (Lipinski definition) is 7. The molecule has 0 spiro atoms. The molecule has 3 aromatic heterocycles. The van der Waals surface area contributed by atoms with E-state index in [1.807, 2.05) is 6.92 Å². The third-order valence-electron chi connectivity index (χ3n) is 5.01. The Hall–Kier alpha value is -1.99. The molecule has 0 radical (unpaired) electrons. The lowest BCUT2D eigenvalue weighted by Crippen LogP contribution is -2.37. The lowest BCUT2D eigenvalue weighted by atomic mass is 10.1. The first-order valence-corrected chi connectivity index (χ1v) is 9.73. The van der Waals surface area contributed by atoms with E-state index in [0.29, 0.717) is 12.5 Å². The summed E-state index contributed by atoms with van der Waals surface area (Å²) >= 11 is 1.65. The second kappa shape index (κ2) is 6.07. The molecular formula is C18H20N4O2S. The number of nitrogens with zero attached hydrogens (tertiary/aromatic N) is 4. The highest BCUT2D eigenvalue weighted by Crippen LogP contribution is 2.43. The van der Waals surface area contributed by atoms with Crippen molar-refractivity contribution < 1.29 is 9.47 Å². The van der Waals surface area contributed by atoms with Crippen molar-refractivity contribution >= 4 is 37.6 Å². The molecule has 1 aliphatic heterocycles. The van der Waals surface area contributed by atoms with Crippen molar-refractivity contribution in [2.24, 2.45) is 0 Å². The Labute approximate surface area is 149 Å². The average molecular weight is 356 g/mol. The Morgan fingerprint density at radius 1 is 1.20 bits per heavy atom. The van der Waals surface area contributed by atoms with Gasteiger partial charge in [0.1, 0.15) is 21.7 Å². The van der Waals surface area contributed by atoms with Crippen molar-refractivity contribution in [3.63, 3.8) is 0 Å². The van der Waals surface area contributed by atoms with Crippen molar-refractivity contribution in [1.29, 1.82) is 0 Å². The molecule has 1 saturated heterocycles. The number of rotatable bonds is 3. The van der Waals surface area contributed by atoms with E-state index in [9.17, 15) is 0 Å². The molecule has 4 heterocycles. The zero-order valence-electron chi connectivity index (χ0n) is 14.2. The quantitative estimate of drug-likeness (QED) is 0.719. The van der Waals surface area contributed by atoms with Crippen LogP contribution in [0.1, 0.15) is 24.5 Å². The highest BCUT2D eigenvalue weighted by Gasteiger charge is 2.27. The number of hydrogen-bond donors (Lipinski definition) is 0. The first-order chi connectivity index (χ1) is 12.4. The van der Waals surface area contributed by atoms with Crippen LogP contribution in [0.2, 0.25) is 0 Å². The van der Waals surface area contributed by atoms with Gasteiger partial charge in [-0.05, 0) is 37.3 Å². The van der Waals surface area contributed by atoms with Gasteiger partial charge in [-0.1, -0.05) is 0 Å². The van der Waals surface area contributed by atoms with E-state index in [-0.39, 0.29) is 0 Å². The van der Waals surface area contributed by atoms with Crippen LogP contribution in [-0.4, -0.2) is 47.9 Å². The summed E-state index contributed by atoms with van der Waals surface area (Å²) in [7, 11) is 0. The van der Waals surface area contributed by atoms with E-state index in [2.05, 4.69) is 14.9 Å². The van der Waals surface area contributed by atoms with Crippen LogP contribution in [0.15, 0.2) is 6.33 Å². The van der Waals surface area contributed by atoms with Gasteiger partial charge in [-0.15, -0.1) is 11.3 Å². The summed E-state index contributed by atoms with van der Waals surface area (Å²) in [6.45, 7) is 5.97. The molecule has 0 N–H and O–H groups in total. The summed E-state index contributed by atoms with van der Waals surface area (Å²) < 4.78 is 12.3. The first-order valence-electron chi connectivity index (χ1n) is 8.91. The molecule has 2 aliphatic rings. The maximum atomic E-state index is 5.72. The zero-order chi connectivity index (χ0) is 16.8. The highest BCUT2D eigenvalue weighted by atomic mass is 32.1. The zero-order valence-corrected chi connectivity index (χ0v) is 15.1. The Morgan fingerprint density at radius 3 is 2.88 bits per heavy atom. The van der Waals surface area contributed by atoms with Gasteiger partial charge in [0.2, 0.25) is 5.88 Å². The third kappa shape index (κ3) is 2.37. The van der Waals surface area contributed by atoms with Crippen LogP contribution in [-0.2, 0) is 17.6 Å². The molecule has 130 valence electrons. The van der Waals surface area contributed by atoms with E-state index in [4.69, 9.17) is 14.5 Å². The number of pyridine rings is 1. The van der Waals surface area contributed by atoms with Crippen molar-refractivity contribution in [1.82, 2.24) is 15.0 Å². The van der Waals surface area contributed by atoms with Crippen LogP contribution in [0.3, 0.4) is 0 Å². The van der Waals surface area contributed by atoms with Gasteiger partial charge in [-0.3, -0.25) is 0 Å². The molecule has 1 fully saturated rings. The van der Waals surface area contributed by atoms with Gasteiger partial charge in [-0.2, -0.15) is 0 Å². The lowest BCUT2D eigenvalue weighted by Gasteiger charge is -2.29. The number of fused-ring (bicyclic) bond motifs is 5. The van der Waals surface area contributed by atoms with Crippen LogP contribution in [0.25, 0.3) is 20.4 Å². The van der Waals surface area contributed by atoms with Crippen LogP contribution in [0, 0.1) is 0 Å². The molecular weight excluding hydrogens is 336 g/mol. The number of anilines is 1. The largest absolute Gasteiger partial charge is 0.477 e. The Kier molecular flexibility index (Phi) is 3.71. The normalized spacial score (nSPS) is 17.4. The fourth-order valence-electron chi connectivity index (χ4n) is 3.93. The van der Waals surface area contributed by atoms with Gasteiger partial charge < -0.3 is 14.4 Å². The minimum Gasteiger partial charge on any atom is -0.477 e. The summed E-state index contributed by atoms with van der Waals surface area (Å²) in [5.41, 5.74) is 3.84. The van der Waals surface area contributed by atoms with Gasteiger partial charge in [0, 0.05) is 18.5 Å². The van der Waals surface area contributed by atoms with Crippen molar-refractivity contribution in [2.45, 2.75) is 26.2 Å². The molecule has 0 amide bonds. The molecule has 0 saturated carbocycles. The maximum absolute atomic E-state index is 5.72. The SMILES string of the molecule is CCOc1ncnc2c1sc1nc(N3CCOCC3)c3c(c12)CCC3. The highest BCUT2D eigenvalue weighted by molar-refractivity contribution is 7.25. The Balaban J connectivity index is 1.76. The van der Waals surface area contributed by atoms with Crippen molar-refractivity contribution in [3.05, 3.63) is 17.5 Å².